The monoisotopic (exact) mass is 509 g/mol. The fourth-order valence-electron chi connectivity index (χ4n) is 3.15. The molecule has 12 heteroatoms. The highest BCUT2D eigenvalue weighted by Crippen LogP contribution is 2.33. The number of halogens is 4. The summed E-state index contributed by atoms with van der Waals surface area (Å²) in [4.78, 5) is 29.8. The van der Waals surface area contributed by atoms with Crippen LogP contribution in [0.1, 0.15) is 16.2 Å². The first-order valence-electron chi connectivity index (χ1n) is 9.25. The van der Waals surface area contributed by atoms with Crippen molar-refractivity contribution < 1.29 is 27.5 Å². The molecule has 1 N–H and O–H groups in total. The van der Waals surface area contributed by atoms with Gasteiger partial charge in [0.05, 0.1) is 24.2 Å². The van der Waals surface area contributed by atoms with Gasteiger partial charge in [0, 0.05) is 15.7 Å². The number of amides is 2. The van der Waals surface area contributed by atoms with Gasteiger partial charge < -0.3 is 15.0 Å². The Hall–Kier alpha value is -3.41. The van der Waals surface area contributed by atoms with Crippen LogP contribution >= 0.6 is 15.9 Å². The van der Waals surface area contributed by atoms with Gasteiger partial charge in [-0.25, -0.2) is 4.68 Å². The molecule has 4 rings (SSSR count). The zero-order chi connectivity index (χ0) is 23.0. The molecule has 1 aromatic carbocycles. The molecule has 2 amide bonds. The first-order valence-corrected chi connectivity index (χ1v) is 10.0. The lowest BCUT2D eigenvalue weighted by Gasteiger charge is -2.12. The molecule has 8 nitrogen and oxygen atoms in total. The number of rotatable bonds is 4. The Balaban J connectivity index is 1.81. The second kappa shape index (κ2) is 8.26. The maximum atomic E-state index is 12.9. The molecule has 0 radical (unpaired) electrons. The molecule has 32 heavy (non-hydrogen) atoms. The molecule has 0 saturated carbocycles. The van der Waals surface area contributed by atoms with Gasteiger partial charge in [0.15, 0.2) is 5.69 Å². The van der Waals surface area contributed by atoms with E-state index in [2.05, 4.69) is 36.1 Å². The van der Waals surface area contributed by atoms with Crippen molar-refractivity contribution in [1.29, 1.82) is 0 Å². The van der Waals surface area contributed by atoms with E-state index in [1.165, 1.54) is 34.0 Å². The highest BCUT2D eigenvalue weighted by Gasteiger charge is 2.32. The van der Waals surface area contributed by atoms with Crippen LogP contribution in [-0.2, 0) is 4.79 Å². The Labute approximate surface area is 188 Å². The number of aromatic nitrogens is 3. The number of carbonyl (C=O) groups excluding carboxylic acids is 2. The third kappa shape index (κ3) is 4.74. The van der Waals surface area contributed by atoms with Crippen LogP contribution in [-0.4, -0.2) is 51.1 Å². The Bertz CT molecular complexity index is 1190. The van der Waals surface area contributed by atoms with E-state index in [-0.39, 0.29) is 24.8 Å². The molecule has 0 aliphatic carbocycles. The maximum Gasteiger partial charge on any atom is 0.573 e. The van der Waals surface area contributed by atoms with Gasteiger partial charge in [-0.3, -0.25) is 14.6 Å². The summed E-state index contributed by atoms with van der Waals surface area (Å²) in [6, 6.07) is 8.86. The van der Waals surface area contributed by atoms with Gasteiger partial charge in [-0.2, -0.15) is 5.10 Å². The van der Waals surface area contributed by atoms with Gasteiger partial charge in [-0.1, -0.05) is 15.9 Å². The number of benzene rings is 1. The second-order valence-corrected chi connectivity index (χ2v) is 7.88. The number of aryl methyl sites for hydroxylation is 1. The Kier molecular flexibility index (Phi) is 5.63. The molecule has 0 atom stereocenters. The molecule has 1 fully saturated rings. The summed E-state index contributed by atoms with van der Waals surface area (Å²) in [5.41, 5.74) is 1.93. The smallest absolute Gasteiger partial charge is 0.406 e. The minimum Gasteiger partial charge on any atom is -0.406 e. The van der Waals surface area contributed by atoms with Crippen LogP contribution < -0.4 is 10.1 Å². The van der Waals surface area contributed by atoms with Crippen molar-refractivity contribution in [3.63, 3.8) is 0 Å². The molecule has 1 aliphatic heterocycles. The zero-order valence-corrected chi connectivity index (χ0v) is 18.1. The Morgan fingerprint density at radius 1 is 1.22 bits per heavy atom. The molecule has 166 valence electrons. The summed E-state index contributed by atoms with van der Waals surface area (Å²) in [5.74, 6) is -1.22. The molecule has 1 aliphatic rings. The largest absolute Gasteiger partial charge is 0.573 e. The number of hydrogen-bond acceptors (Lipinski definition) is 5. The molecular formula is C20H15BrF3N5O3. The first kappa shape index (κ1) is 21.8. The number of carbonyl (C=O) groups is 2. The molecule has 0 unspecified atom stereocenters. The summed E-state index contributed by atoms with van der Waals surface area (Å²) >= 11 is 3.19. The van der Waals surface area contributed by atoms with Crippen LogP contribution in [0.2, 0.25) is 0 Å². The van der Waals surface area contributed by atoms with Gasteiger partial charge in [0.2, 0.25) is 5.91 Å². The third-order valence-corrected chi connectivity index (χ3v) is 5.02. The standard InChI is InChI=1S/C20H15BrF3N5O3/c1-11-2-3-14(8-25-11)29-17(7-16(27-29)19(31)28-9-18(30)26-10-28)12-4-13(21)6-15(5-12)32-20(22,23)24/h2-8H,9-10H2,1H3,(H,26,30). The third-order valence-electron chi connectivity index (χ3n) is 4.56. The minimum absolute atomic E-state index is 0.0235. The predicted octanol–water partition coefficient (Wildman–Crippen LogP) is 3.43. The van der Waals surface area contributed by atoms with Crippen LogP contribution in [0.5, 0.6) is 5.75 Å². The molecule has 2 aromatic heterocycles. The molecule has 3 aromatic rings. The second-order valence-electron chi connectivity index (χ2n) is 6.97. The normalized spacial score (nSPS) is 13.9. The highest BCUT2D eigenvalue weighted by molar-refractivity contribution is 9.10. The van der Waals surface area contributed by atoms with Gasteiger partial charge in [-0.15, -0.1) is 13.2 Å². The lowest BCUT2D eigenvalue weighted by Crippen LogP contribution is -2.30. The van der Waals surface area contributed by atoms with E-state index in [1.807, 2.05) is 0 Å². The average Bonchev–Trinajstić information content (AvgIpc) is 3.33. The Morgan fingerprint density at radius 2 is 2.00 bits per heavy atom. The van der Waals surface area contributed by atoms with E-state index in [1.54, 1.807) is 25.1 Å². The Morgan fingerprint density at radius 3 is 2.62 bits per heavy atom. The molecule has 3 heterocycles. The van der Waals surface area contributed by atoms with Crippen molar-refractivity contribution in [3.8, 4) is 22.7 Å². The van der Waals surface area contributed by atoms with E-state index < -0.39 is 18.0 Å². The van der Waals surface area contributed by atoms with Crippen LogP contribution in [0.25, 0.3) is 16.9 Å². The lowest BCUT2D eigenvalue weighted by atomic mass is 10.1. The summed E-state index contributed by atoms with van der Waals surface area (Å²) < 4.78 is 44.1. The van der Waals surface area contributed by atoms with Crippen molar-refractivity contribution in [2.45, 2.75) is 13.3 Å². The minimum atomic E-state index is -4.87. The number of alkyl halides is 3. The highest BCUT2D eigenvalue weighted by atomic mass is 79.9. The van der Waals surface area contributed by atoms with Crippen molar-refractivity contribution in [2.24, 2.45) is 0 Å². The number of pyridine rings is 1. The lowest BCUT2D eigenvalue weighted by molar-refractivity contribution is -0.274. The van der Waals surface area contributed by atoms with E-state index in [0.717, 1.165) is 5.69 Å². The van der Waals surface area contributed by atoms with Crippen LogP contribution in [0, 0.1) is 6.92 Å². The zero-order valence-electron chi connectivity index (χ0n) is 16.5. The van der Waals surface area contributed by atoms with Crippen LogP contribution in [0.15, 0.2) is 47.1 Å². The summed E-state index contributed by atoms with van der Waals surface area (Å²) in [5, 5.41) is 6.90. The van der Waals surface area contributed by atoms with Crippen molar-refractivity contribution >= 4 is 27.7 Å². The number of nitrogens with one attached hydrogen (secondary N) is 1. The quantitative estimate of drug-likeness (QED) is 0.581. The molecule has 1 saturated heterocycles. The van der Waals surface area contributed by atoms with E-state index in [0.29, 0.717) is 21.4 Å². The molecular weight excluding hydrogens is 495 g/mol. The fourth-order valence-corrected chi connectivity index (χ4v) is 3.62. The maximum absolute atomic E-state index is 12.9. The topological polar surface area (TPSA) is 89.4 Å². The van der Waals surface area contributed by atoms with E-state index in [4.69, 9.17) is 0 Å². The number of nitrogens with zero attached hydrogens (tertiary/aromatic N) is 4. The van der Waals surface area contributed by atoms with E-state index in [9.17, 15) is 22.8 Å². The summed E-state index contributed by atoms with van der Waals surface area (Å²) in [7, 11) is 0. The number of hydrogen-bond donors (Lipinski definition) is 1. The van der Waals surface area contributed by atoms with Crippen molar-refractivity contribution in [1.82, 2.24) is 25.0 Å². The van der Waals surface area contributed by atoms with E-state index >= 15 is 0 Å². The van der Waals surface area contributed by atoms with Gasteiger partial charge in [0.1, 0.15) is 12.3 Å². The predicted molar refractivity (Wildman–Crippen MR) is 110 cm³/mol. The first-order chi connectivity index (χ1) is 15.1. The summed E-state index contributed by atoms with van der Waals surface area (Å²) in [6.45, 7) is 1.75. The SMILES string of the molecule is Cc1ccc(-n2nc(C(=O)N3CNC(=O)C3)cc2-c2cc(Br)cc(OC(F)(F)F)c2)cn1. The van der Waals surface area contributed by atoms with Crippen molar-refractivity contribution in [2.75, 3.05) is 13.2 Å². The van der Waals surface area contributed by atoms with Gasteiger partial charge >= 0.3 is 6.36 Å². The van der Waals surface area contributed by atoms with Crippen LogP contribution in [0.4, 0.5) is 13.2 Å². The summed E-state index contributed by atoms with van der Waals surface area (Å²) in [6.07, 6.45) is -3.33. The fraction of sp³-hybridized carbons (Fsp3) is 0.200. The van der Waals surface area contributed by atoms with Gasteiger partial charge in [-0.05, 0) is 43.3 Å². The van der Waals surface area contributed by atoms with Crippen LogP contribution in [0.3, 0.4) is 0 Å². The van der Waals surface area contributed by atoms with Crippen molar-refractivity contribution in [3.05, 3.63) is 58.5 Å². The average molecular weight is 510 g/mol. The molecule has 0 spiro atoms. The number of ether oxygens (including phenoxy) is 1. The van der Waals surface area contributed by atoms with Gasteiger partial charge in [0.25, 0.3) is 5.91 Å². The molecule has 0 bridgehead atoms.